The molecular formula is C13H20N6S. The predicted octanol–water partition coefficient (Wildman–Crippen LogP) is 0.947. The first-order chi connectivity index (χ1) is 9.63. The molecule has 3 heterocycles. The van der Waals surface area contributed by atoms with E-state index in [1.807, 2.05) is 18.6 Å². The fourth-order valence-corrected chi connectivity index (χ4v) is 3.39. The Labute approximate surface area is 122 Å². The molecule has 1 aliphatic rings. The van der Waals surface area contributed by atoms with E-state index < -0.39 is 0 Å². The highest BCUT2D eigenvalue weighted by Crippen LogP contribution is 2.24. The molecular weight excluding hydrogens is 272 g/mol. The number of aryl methyl sites for hydroxylation is 1. The van der Waals surface area contributed by atoms with Crippen LogP contribution in [0, 0.1) is 0 Å². The second-order valence-electron chi connectivity index (χ2n) is 5.29. The fourth-order valence-electron chi connectivity index (χ4n) is 2.67. The summed E-state index contributed by atoms with van der Waals surface area (Å²) in [6.45, 7) is 4.02. The quantitative estimate of drug-likeness (QED) is 0.912. The standard InChI is InChI=1S/C13H20N6S/c1-17-5-6-19(8-10-7-16-13(14)20-10)9-11(17)12-15-3-4-18(12)2/h3-4,7,11H,5-6,8-9H2,1-2H3,(H2,14,16). The maximum atomic E-state index is 5.70. The van der Waals surface area contributed by atoms with Gasteiger partial charge in [-0.1, -0.05) is 0 Å². The number of rotatable bonds is 3. The van der Waals surface area contributed by atoms with Crippen molar-refractivity contribution >= 4 is 16.5 Å². The Morgan fingerprint density at radius 3 is 2.85 bits per heavy atom. The van der Waals surface area contributed by atoms with Crippen molar-refractivity contribution in [3.63, 3.8) is 0 Å². The summed E-state index contributed by atoms with van der Waals surface area (Å²) in [4.78, 5) is 14.7. The summed E-state index contributed by atoms with van der Waals surface area (Å²) in [7, 11) is 4.22. The minimum atomic E-state index is 0.342. The maximum absolute atomic E-state index is 5.70. The Kier molecular flexibility index (Phi) is 3.73. The van der Waals surface area contributed by atoms with Gasteiger partial charge in [-0.05, 0) is 7.05 Å². The largest absolute Gasteiger partial charge is 0.375 e. The van der Waals surface area contributed by atoms with Crippen LogP contribution in [0.3, 0.4) is 0 Å². The SMILES string of the molecule is CN1CCN(Cc2cnc(N)s2)CC1c1nccn1C. The van der Waals surface area contributed by atoms with Crippen molar-refractivity contribution in [1.29, 1.82) is 0 Å². The van der Waals surface area contributed by atoms with E-state index in [0.717, 1.165) is 32.0 Å². The number of thiazole rings is 1. The van der Waals surface area contributed by atoms with E-state index in [-0.39, 0.29) is 0 Å². The van der Waals surface area contributed by atoms with Crippen LogP contribution in [0.2, 0.25) is 0 Å². The molecule has 2 aromatic heterocycles. The zero-order valence-corrected chi connectivity index (χ0v) is 12.7. The monoisotopic (exact) mass is 292 g/mol. The number of imidazole rings is 1. The van der Waals surface area contributed by atoms with Gasteiger partial charge in [-0.25, -0.2) is 9.97 Å². The van der Waals surface area contributed by atoms with Gasteiger partial charge < -0.3 is 10.3 Å². The highest BCUT2D eigenvalue weighted by molar-refractivity contribution is 7.15. The van der Waals surface area contributed by atoms with E-state index >= 15 is 0 Å². The first-order valence-electron chi connectivity index (χ1n) is 6.73. The number of nitrogen functional groups attached to an aromatic ring is 1. The van der Waals surface area contributed by atoms with E-state index in [1.54, 1.807) is 11.3 Å². The third-order valence-electron chi connectivity index (χ3n) is 3.84. The van der Waals surface area contributed by atoms with Crippen molar-refractivity contribution in [2.75, 3.05) is 32.4 Å². The van der Waals surface area contributed by atoms with Gasteiger partial charge in [0.05, 0.1) is 6.04 Å². The molecule has 0 amide bonds. The van der Waals surface area contributed by atoms with Crippen LogP contribution in [-0.4, -0.2) is 51.0 Å². The van der Waals surface area contributed by atoms with Crippen LogP contribution >= 0.6 is 11.3 Å². The normalized spacial score (nSPS) is 21.4. The molecule has 1 fully saturated rings. The molecule has 2 aromatic rings. The van der Waals surface area contributed by atoms with Gasteiger partial charge in [0, 0.05) is 56.7 Å². The molecule has 108 valence electrons. The minimum absolute atomic E-state index is 0.342. The highest BCUT2D eigenvalue weighted by atomic mass is 32.1. The van der Waals surface area contributed by atoms with Crippen LogP contribution in [0.25, 0.3) is 0 Å². The fraction of sp³-hybridized carbons (Fsp3) is 0.538. The van der Waals surface area contributed by atoms with E-state index in [2.05, 4.69) is 38.4 Å². The summed E-state index contributed by atoms with van der Waals surface area (Å²) in [5.41, 5.74) is 5.70. The second-order valence-corrected chi connectivity index (χ2v) is 6.44. The lowest BCUT2D eigenvalue weighted by Crippen LogP contribution is -2.46. The Balaban J connectivity index is 1.71. The summed E-state index contributed by atoms with van der Waals surface area (Å²) in [6.07, 6.45) is 5.76. The number of nitrogens with zero attached hydrogens (tertiary/aromatic N) is 5. The lowest BCUT2D eigenvalue weighted by Gasteiger charge is -2.38. The molecule has 1 saturated heterocycles. The zero-order chi connectivity index (χ0) is 14.1. The molecule has 1 atom stereocenters. The van der Waals surface area contributed by atoms with Crippen molar-refractivity contribution in [2.45, 2.75) is 12.6 Å². The Hall–Kier alpha value is -1.44. The third-order valence-corrected chi connectivity index (χ3v) is 4.65. The van der Waals surface area contributed by atoms with Crippen LogP contribution in [-0.2, 0) is 13.6 Å². The average molecular weight is 292 g/mol. The summed E-state index contributed by atoms with van der Waals surface area (Å²) in [5.74, 6) is 1.13. The zero-order valence-electron chi connectivity index (χ0n) is 11.9. The number of hydrogen-bond acceptors (Lipinski definition) is 6. The number of likely N-dealkylation sites (N-methyl/N-ethyl adjacent to an activating group) is 1. The highest BCUT2D eigenvalue weighted by Gasteiger charge is 2.28. The smallest absolute Gasteiger partial charge is 0.180 e. The average Bonchev–Trinajstić information content (AvgIpc) is 3.01. The molecule has 2 N–H and O–H groups in total. The van der Waals surface area contributed by atoms with Gasteiger partial charge in [-0.15, -0.1) is 11.3 Å². The number of nitrogens with two attached hydrogens (primary N) is 1. The Bertz CT molecular complexity index is 577. The van der Waals surface area contributed by atoms with Gasteiger partial charge in [0.15, 0.2) is 5.13 Å². The topological polar surface area (TPSA) is 63.2 Å². The molecule has 3 rings (SSSR count). The number of anilines is 1. The van der Waals surface area contributed by atoms with Gasteiger partial charge in [0.2, 0.25) is 0 Å². The van der Waals surface area contributed by atoms with Gasteiger partial charge in [-0.3, -0.25) is 9.80 Å². The van der Waals surface area contributed by atoms with Crippen LogP contribution in [0.15, 0.2) is 18.6 Å². The molecule has 0 bridgehead atoms. The summed E-state index contributed by atoms with van der Waals surface area (Å²) in [5, 5.41) is 0.648. The van der Waals surface area contributed by atoms with E-state index in [9.17, 15) is 0 Å². The van der Waals surface area contributed by atoms with Gasteiger partial charge in [0.25, 0.3) is 0 Å². The summed E-state index contributed by atoms with van der Waals surface area (Å²) in [6, 6.07) is 0.342. The van der Waals surface area contributed by atoms with Crippen LogP contribution < -0.4 is 5.73 Å². The first kappa shape index (κ1) is 13.5. The molecule has 0 aromatic carbocycles. The predicted molar refractivity (Wildman–Crippen MR) is 80.4 cm³/mol. The molecule has 0 spiro atoms. The molecule has 0 aliphatic carbocycles. The van der Waals surface area contributed by atoms with Crippen LogP contribution in [0.4, 0.5) is 5.13 Å². The number of aromatic nitrogens is 3. The van der Waals surface area contributed by atoms with E-state index in [0.29, 0.717) is 11.2 Å². The van der Waals surface area contributed by atoms with Gasteiger partial charge in [0.1, 0.15) is 5.82 Å². The molecule has 0 saturated carbocycles. The molecule has 1 aliphatic heterocycles. The summed E-state index contributed by atoms with van der Waals surface area (Å²) >= 11 is 1.57. The second kappa shape index (κ2) is 5.51. The van der Waals surface area contributed by atoms with Crippen molar-refractivity contribution < 1.29 is 0 Å². The van der Waals surface area contributed by atoms with Crippen LogP contribution in [0.1, 0.15) is 16.7 Å². The first-order valence-corrected chi connectivity index (χ1v) is 7.55. The van der Waals surface area contributed by atoms with E-state index in [1.165, 1.54) is 4.88 Å². The van der Waals surface area contributed by atoms with Gasteiger partial charge in [-0.2, -0.15) is 0 Å². The molecule has 1 unspecified atom stereocenters. The molecule has 6 nitrogen and oxygen atoms in total. The molecule has 7 heteroatoms. The van der Waals surface area contributed by atoms with Crippen molar-refractivity contribution in [3.05, 3.63) is 29.3 Å². The molecule has 20 heavy (non-hydrogen) atoms. The summed E-state index contributed by atoms with van der Waals surface area (Å²) < 4.78 is 2.11. The van der Waals surface area contributed by atoms with Crippen molar-refractivity contribution in [3.8, 4) is 0 Å². The Morgan fingerprint density at radius 1 is 1.35 bits per heavy atom. The number of piperazine rings is 1. The lowest BCUT2D eigenvalue weighted by molar-refractivity contribution is 0.0850. The van der Waals surface area contributed by atoms with Crippen molar-refractivity contribution in [2.24, 2.45) is 7.05 Å². The van der Waals surface area contributed by atoms with E-state index in [4.69, 9.17) is 5.73 Å². The van der Waals surface area contributed by atoms with Gasteiger partial charge >= 0.3 is 0 Å². The Morgan fingerprint density at radius 2 is 2.20 bits per heavy atom. The lowest BCUT2D eigenvalue weighted by atomic mass is 10.1. The minimum Gasteiger partial charge on any atom is -0.375 e. The van der Waals surface area contributed by atoms with Crippen molar-refractivity contribution in [1.82, 2.24) is 24.3 Å². The third kappa shape index (κ3) is 2.70. The molecule has 0 radical (unpaired) electrons. The maximum Gasteiger partial charge on any atom is 0.180 e. The number of hydrogen-bond donors (Lipinski definition) is 1. The van der Waals surface area contributed by atoms with Crippen LogP contribution in [0.5, 0.6) is 0 Å².